The lowest BCUT2D eigenvalue weighted by Gasteiger charge is -2.21. The van der Waals surface area contributed by atoms with Crippen LogP contribution in [0.4, 0.5) is 0 Å². The topological polar surface area (TPSA) is 89.4 Å². The summed E-state index contributed by atoms with van der Waals surface area (Å²) >= 11 is 0. The van der Waals surface area contributed by atoms with Crippen molar-refractivity contribution in [1.82, 2.24) is 24.3 Å². The third kappa shape index (κ3) is 5.06. The Balaban J connectivity index is 1.41. The SMILES string of the molecule is CC(C)Cc1ccc([C@H](C)C(=O)n2ccc3c(-c4cnn([C@H](CC#N)C5CCCC5)c4)ncnc32)cc1. The Hall–Kier alpha value is -3.79. The van der Waals surface area contributed by atoms with Crippen LogP contribution in [0.1, 0.15) is 80.8 Å². The highest BCUT2D eigenvalue weighted by atomic mass is 16.2. The molecule has 2 atom stereocenters. The summed E-state index contributed by atoms with van der Waals surface area (Å²) in [5.41, 5.74) is 4.48. The number of rotatable bonds is 8. The van der Waals surface area contributed by atoms with Crippen LogP contribution >= 0.6 is 0 Å². The number of benzene rings is 1. The van der Waals surface area contributed by atoms with Crippen molar-refractivity contribution in [2.75, 3.05) is 0 Å². The molecule has 1 aliphatic carbocycles. The highest BCUT2D eigenvalue weighted by Gasteiger charge is 2.27. The highest BCUT2D eigenvalue weighted by molar-refractivity contribution is 5.98. The summed E-state index contributed by atoms with van der Waals surface area (Å²) in [5, 5.41) is 14.8. The number of hydrogen-bond donors (Lipinski definition) is 0. The third-order valence-corrected chi connectivity index (χ3v) is 7.67. The van der Waals surface area contributed by atoms with Gasteiger partial charge in [-0.3, -0.25) is 14.0 Å². The Morgan fingerprint density at radius 3 is 2.57 bits per heavy atom. The van der Waals surface area contributed by atoms with Gasteiger partial charge >= 0.3 is 0 Å². The minimum Gasteiger partial charge on any atom is -0.273 e. The molecule has 7 nitrogen and oxygen atoms in total. The first-order valence-corrected chi connectivity index (χ1v) is 13.3. The second kappa shape index (κ2) is 10.7. The summed E-state index contributed by atoms with van der Waals surface area (Å²) in [6.45, 7) is 6.35. The second-order valence-corrected chi connectivity index (χ2v) is 10.7. The van der Waals surface area contributed by atoms with E-state index in [1.54, 1.807) is 10.8 Å². The van der Waals surface area contributed by atoms with Crippen molar-refractivity contribution in [1.29, 1.82) is 5.26 Å². The Morgan fingerprint density at radius 1 is 1.11 bits per heavy atom. The van der Waals surface area contributed by atoms with Crippen molar-refractivity contribution in [3.8, 4) is 17.3 Å². The van der Waals surface area contributed by atoms with Gasteiger partial charge < -0.3 is 0 Å². The first-order chi connectivity index (χ1) is 18.0. The second-order valence-electron chi connectivity index (χ2n) is 10.7. The van der Waals surface area contributed by atoms with Crippen LogP contribution in [0.15, 0.2) is 55.2 Å². The third-order valence-electron chi connectivity index (χ3n) is 7.67. The van der Waals surface area contributed by atoms with Gasteiger partial charge in [-0.15, -0.1) is 0 Å². The van der Waals surface area contributed by atoms with Gasteiger partial charge in [-0.2, -0.15) is 10.4 Å². The van der Waals surface area contributed by atoms with Gasteiger partial charge in [0, 0.05) is 23.3 Å². The number of aromatic nitrogens is 5. The molecule has 1 fully saturated rings. The average Bonchev–Trinajstić information content (AvgIpc) is 3.67. The fraction of sp³-hybridized carbons (Fsp3) is 0.433. The molecule has 1 aliphatic rings. The highest BCUT2D eigenvalue weighted by Crippen LogP contribution is 2.37. The van der Waals surface area contributed by atoms with E-state index in [0.29, 0.717) is 23.9 Å². The van der Waals surface area contributed by atoms with Crippen LogP contribution in [0.2, 0.25) is 0 Å². The summed E-state index contributed by atoms with van der Waals surface area (Å²) in [7, 11) is 0. The fourth-order valence-electron chi connectivity index (χ4n) is 5.68. The van der Waals surface area contributed by atoms with Crippen LogP contribution in [-0.2, 0) is 6.42 Å². The van der Waals surface area contributed by atoms with Crippen molar-refractivity contribution >= 4 is 16.9 Å². The first kappa shape index (κ1) is 24.9. The van der Waals surface area contributed by atoms with E-state index in [4.69, 9.17) is 0 Å². The standard InChI is InChI=1S/C30H34N6O/c1-20(2)16-22-8-10-23(11-9-22)21(3)30(37)35-15-13-26-28(32-19-33-29(26)35)25-17-34-36(18-25)27(12-14-31)24-6-4-5-7-24/h8-11,13,15,17-21,24,27H,4-7,12,16H2,1-3H3/t21-,27+/m0/s1. The maximum atomic E-state index is 13.5. The Labute approximate surface area is 218 Å². The number of fused-ring (bicyclic) bond motifs is 1. The Bertz CT molecular complexity index is 1420. The number of carbonyl (C=O) groups is 1. The molecule has 190 valence electrons. The van der Waals surface area contributed by atoms with Crippen molar-refractivity contribution in [3.63, 3.8) is 0 Å². The zero-order valence-corrected chi connectivity index (χ0v) is 21.8. The number of nitrogens with zero attached hydrogens (tertiary/aromatic N) is 6. The molecule has 3 aromatic heterocycles. The van der Waals surface area contributed by atoms with Crippen LogP contribution in [0.25, 0.3) is 22.3 Å². The van der Waals surface area contributed by atoms with Gasteiger partial charge in [0.25, 0.3) is 0 Å². The molecule has 0 N–H and O–H groups in total. The number of nitriles is 1. The molecule has 0 aliphatic heterocycles. The van der Waals surface area contributed by atoms with Gasteiger partial charge in [-0.25, -0.2) is 9.97 Å². The van der Waals surface area contributed by atoms with Gasteiger partial charge in [0.05, 0.1) is 36.3 Å². The van der Waals surface area contributed by atoms with E-state index in [-0.39, 0.29) is 17.9 Å². The quantitative estimate of drug-likeness (QED) is 0.276. The van der Waals surface area contributed by atoms with Crippen molar-refractivity contribution < 1.29 is 4.79 Å². The molecule has 4 aromatic rings. The molecule has 0 spiro atoms. The van der Waals surface area contributed by atoms with Crippen molar-refractivity contribution in [3.05, 3.63) is 66.4 Å². The predicted molar refractivity (Wildman–Crippen MR) is 144 cm³/mol. The summed E-state index contributed by atoms with van der Waals surface area (Å²) in [6.07, 6.45) is 13.3. The molecule has 0 radical (unpaired) electrons. The van der Waals surface area contributed by atoms with Crippen LogP contribution in [0, 0.1) is 23.2 Å². The van der Waals surface area contributed by atoms with E-state index in [1.807, 2.05) is 30.1 Å². The van der Waals surface area contributed by atoms with Gasteiger partial charge in [0.2, 0.25) is 5.91 Å². The maximum Gasteiger partial charge on any atom is 0.239 e. The minimum atomic E-state index is -0.303. The van der Waals surface area contributed by atoms with Crippen molar-refractivity contribution in [2.24, 2.45) is 11.8 Å². The molecule has 5 rings (SSSR count). The molecule has 1 aromatic carbocycles. The van der Waals surface area contributed by atoms with E-state index in [2.05, 4.69) is 59.2 Å². The molecular formula is C30H34N6O. The predicted octanol–water partition coefficient (Wildman–Crippen LogP) is 6.58. The number of carbonyl (C=O) groups excluding carboxylic acids is 1. The molecule has 7 heteroatoms. The molecule has 0 bridgehead atoms. The summed E-state index contributed by atoms with van der Waals surface area (Å²) in [4.78, 5) is 22.5. The smallest absolute Gasteiger partial charge is 0.239 e. The average molecular weight is 495 g/mol. The van der Waals surface area contributed by atoms with Gasteiger partial charge in [0.15, 0.2) is 5.65 Å². The molecular weight excluding hydrogens is 460 g/mol. The molecule has 0 unspecified atom stereocenters. The molecule has 0 amide bonds. The van der Waals surface area contributed by atoms with E-state index in [0.717, 1.165) is 41.5 Å². The van der Waals surface area contributed by atoms with Crippen LogP contribution in [0.5, 0.6) is 0 Å². The van der Waals surface area contributed by atoms with E-state index < -0.39 is 0 Å². The Kier molecular flexibility index (Phi) is 7.18. The fourth-order valence-corrected chi connectivity index (χ4v) is 5.68. The summed E-state index contributed by atoms with van der Waals surface area (Å²) in [5.74, 6) is 0.750. The molecule has 1 saturated carbocycles. The maximum absolute atomic E-state index is 13.5. The monoisotopic (exact) mass is 494 g/mol. The lowest BCUT2D eigenvalue weighted by molar-refractivity contribution is 0.0889. The number of hydrogen-bond acceptors (Lipinski definition) is 5. The van der Waals surface area contributed by atoms with Crippen molar-refractivity contribution in [2.45, 2.75) is 71.3 Å². The van der Waals surface area contributed by atoms with Gasteiger partial charge in [0.1, 0.15) is 6.33 Å². The van der Waals surface area contributed by atoms with Gasteiger partial charge in [-0.1, -0.05) is 51.0 Å². The molecule has 37 heavy (non-hydrogen) atoms. The lowest BCUT2D eigenvalue weighted by atomic mass is 9.96. The molecule has 0 saturated heterocycles. The Morgan fingerprint density at radius 2 is 1.86 bits per heavy atom. The zero-order chi connectivity index (χ0) is 25.9. The van der Waals surface area contributed by atoms with Crippen LogP contribution in [0.3, 0.4) is 0 Å². The van der Waals surface area contributed by atoms with Crippen LogP contribution in [-0.4, -0.2) is 30.2 Å². The zero-order valence-electron chi connectivity index (χ0n) is 21.8. The first-order valence-electron chi connectivity index (χ1n) is 13.3. The van der Waals surface area contributed by atoms with E-state index >= 15 is 0 Å². The largest absolute Gasteiger partial charge is 0.273 e. The summed E-state index contributed by atoms with van der Waals surface area (Å²) < 4.78 is 3.57. The molecule has 3 heterocycles. The van der Waals surface area contributed by atoms with Gasteiger partial charge in [-0.05, 0) is 55.2 Å². The van der Waals surface area contributed by atoms with E-state index in [9.17, 15) is 10.1 Å². The lowest BCUT2D eigenvalue weighted by Crippen LogP contribution is -2.17. The summed E-state index contributed by atoms with van der Waals surface area (Å²) in [6, 6.07) is 12.7. The van der Waals surface area contributed by atoms with Crippen LogP contribution < -0.4 is 0 Å². The normalized spacial score (nSPS) is 15.8. The minimum absolute atomic E-state index is 0.0257. The van der Waals surface area contributed by atoms with E-state index in [1.165, 1.54) is 24.7 Å².